The monoisotopic (exact) mass is 493 g/mol. The Bertz CT molecular complexity index is 1250. The second kappa shape index (κ2) is 9.99. The standard InChI is InChI=1S/C22H22F3N5O5/c1-11(2)35-20(32)18-12(3)19(28-13(18)4)21(33)34-8-17(31)29-15-7-14(22(23,24)25)5-6-16(15)30-10-26-9-27-30/h5-7,9-11,28H,8H2,1-4H3,(H,29,31). The summed E-state index contributed by atoms with van der Waals surface area (Å²) in [6.07, 6.45) is -2.59. The number of esters is 2. The van der Waals surface area contributed by atoms with E-state index >= 15 is 0 Å². The fraction of sp³-hybridized carbons (Fsp3) is 0.318. The molecule has 0 fully saturated rings. The van der Waals surface area contributed by atoms with Crippen molar-refractivity contribution in [1.29, 1.82) is 0 Å². The van der Waals surface area contributed by atoms with Crippen LogP contribution in [-0.2, 0) is 20.4 Å². The number of rotatable bonds is 7. The summed E-state index contributed by atoms with van der Waals surface area (Å²) in [4.78, 5) is 43.7. The smallest absolute Gasteiger partial charge is 0.416 e. The van der Waals surface area contributed by atoms with Crippen molar-refractivity contribution < 1.29 is 37.0 Å². The number of anilines is 1. The molecule has 1 amide bonds. The topological polar surface area (TPSA) is 128 Å². The minimum absolute atomic E-state index is 0.0478. The molecule has 0 bridgehead atoms. The van der Waals surface area contributed by atoms with Crippen LogP contribution in [0.25, 0.3) is 5.69 Å². The first-order valence-corrected chi connectivity index (χ1v) is 10.3. The molecule has 13 heteroatoms. The van der Waals surface area contributed by atoms with Crippen molar-refractivity contribution in [2.75, 3.05) is 11.9 Å². The number of nitrogens with one attached hydrogen (secondary N) is 2. The van der Waals surface area contributed by atoms with E-state index in [0.29, 0.717) is 5.69 Å². The number of aryl methyl sites for hydroxylation is 1. The van der Waals surface area contributed by atoms with Gasteiger partial charge >= 0.3 is 18.1 Å². The third kappa shape index (κ3) is 5.86. The largest absolute Gasteiger partial charge is 0.459 e. The van der Waals surface area contributed by atoms with Crippen molar-refractivity contribution >= 4 is 23.5 Å². The number of nitrogens with zero attached hydrogens (tertiary/aromatic N) is 3. The van der Waals surface area contributed by atoms with Crippen LogP contribution in [0.15, 0.2) is 30.9 Å². The van der Waals surface area contributed by atoms with Gasteiger partial charge in [0.15, 0.2) is 6.61 Å². The van der Waals surface area contributed by atoms with E-state index in [0.717, 1.165) is 18.2 Å². The highest BCUT2D eigenvalue weighted by Crippen LogP contribution is 2.33. The number of ether oxygens (including phenoxy) is 2. The van der Waals surface area contributed by atoms with Crippen LogP contribution in [0.4, 0.5) is 18.9 Å². The van der Waals surface area contributed by atoms with Crippen molar-refractivity contribution in [3.8, 4) is 5.69 Å². The van der Waals surface area contributed by atoms with Crippen LogP contribution >= 0.6 is 0 Å². The van der Waals surface area contributed by atoms with Crippen molar-refractivity contribution in [3.63, 3.8) is 0 Å². The fourth-order valence-corrected chi connectivity index (χ4v) is 3.27. The number of alkyl halides is 3. The van der Waals surface area contributed by atoms with Crippen LogP contribution in [0.3, 0.4) is 0 Å². The predicted molar refractivity (Wildman–Crippen MR) is 116 cm³/mol. The molecule has 1 aromatic carbocycles. The molecule has 0 spiro atoms. The number of carbonyl (C=O) groups is 3. The Balaban J connectivity index is 1.74. The fourth-order valence-electron chi connectivity index (χ4n) is 3.27. The highest BCUT2D eigenvalue weighted by atomic mass is 19.4. The van der Waals surface area contributed by atoms with Gasteiger partial charge in [-0.2, -0.15) is 18.3 Å². The van der Waals surface area contributed by atoms with Crippen LogP contribution in [0.5, 0.6) is 0 Å². The van der Waals surface area contributed by atoms with Gasteiger partial charge in [0, 0.05) is 5.69 Å². The van der Waals surface area contributed by atoms with Gasteiger partial charge in [-0.05, 0) is 51.5 Å². The van der Waals surface area contributed by atoms with Gasteiger partial charge in [-0.25, -0.2) is 19.3 Å². The quantitative estimate of drug-likeness (QED) is 0.482. The highest BCUT2D eigenvalue weighted by molar-refractivity contribution is 6.00. The SMILES string of the molecule is Cc1[nH]c(C(=O)OCC(=O)Nc2cc(C(F)(F)F)ccc2-n2cncn2)c(C)c1C(=O)OC(C)C. The van der Waals surface area contributed by atoms with Crippen molar-refractivity contribution in [3.05, 3.63) is 58.9 Å². The maximum atomic E-state index is 13.2. The molecular weight excluding hydrogens is 471 g/mol. The number of hydrogen-bond acceptors (Lipinski definition) is 7. The molecule has 0 aliphatic carbocycles. The van der Waals surface area contributed by atoms with Crippen molar-refractivity contribution in [2.45, 2.75) is 40.0 Å². The molecule has 2 heterocycles. The molecule has 186 valence electrons. The Morgan fingerprint density at radius 3 is 2.49 bits per heavy atom. The Morgan fingerprint density at radius 2 is 1.89 bits per heavy atom. The van der Waals surface area contributed by atoms with Crippen LogP contribution < -0.4 is 5.32 Å². The van der Waals surface area contributed by atoms with Crippen LogP contribution in [0, 0.1) is 13.8 Å². The lowest BCUT2D eigenvalue weighted by atomic mass is 10.1. The van der Waals surface area contributed by atoms with Crippen LogP contribution in [0.2, 0.25) is 0 Å². The maximum absolute atomic E-state index is 13.2. The maximum Gasteiger partial charge on any atom is 0.416 e. The molecule has 2 N–H and O–H groups in total. The first-order valence-electron chi connectivity index (χ1n) is 10.3. The minimum atomic E-state index is -4.65. The van der Waals surface area contributed by atoms with E-state index in [1.807, 2.05) is 0 Å². The van der Waals surface area contributed by atoms with Gasteiger partial charge in [-0.3, -0.25) is 4.79 Å². The average Bonchev–Trinajstić information content (AvgIpc) is 3.38. The zero-order valence-electron chi connectivity index (χ0n) is 19.2. The number of benzene rings is 1. The summed E-state index contributed by atoms with van der Waals surface area (Å²) in [5.74, 6) is -2.43. The molecule has 0 atom stereocenters. The second-order valence-corrected chi connectivity index (χ2v) is 7.77. The van der Waals surface area contributed by atoms with Crippen molar-refractivity contribution in [1.82, 2.24) is 19.7 Å². The summed E-state index contributed by atoms with van der Waals surface area (Å²) >= 11 is 0. The molecule has 0 unspecified atom stereocenters. The van der Waals surface area contributed by atoms with Crippen LogP contribution in [0.1, 0.15) is 51.5 Å². The zero-order chi connectivity index (χ0) is 25.9. The minimum Gasteiger partial charge on any atom is -0.459 e. The van der Waals surface area contributed by atoms with Gasteiger partial charge in [-0.15, -0.1) is 0 Å². The lowest BCUT2D eigenvalue weighted by Gasteiger charge is -2.14. The third-order valence-corrected chi connectivity index (χ3v) is 4.79. The number of hydrogen-bond donors (Lipinski definition) is 2. The van der Waals surface area contributed by atoms with E-state index in [2.05, 4.69) is 20.4 Å². The molecule has 10 nitrogen and oxygen atoms in total. The Kier molecular flexibility index (Phi) is 7.27. The molecule has 0 radical (unpaired) electrons. The van der Waals surface area contributed by atoms with E-state index in [9.17, 15) is 27.6 Å². The number of aromatic amines is 1. The summed E-state index contributed by atoms with van der Waals surface area (Å²) in [7, 11) is 0. The summed E-state index contributed by atoms with van der Waals surface area (Å²) in [6.45, 7) is 5.66. The van der Waals surface area contributed by atoms with Gasteiger partial charge in [0.25, 0.3) is 5.91 Å². The molecule has 3 aromatic rings. The highest BCUT2D eigenvalue weighted by Gasteiger charge is 2.31. The summed E-state index contributed by atoms with van der Waals surface area (Å²) in [5.41, 5.74) is -0.288. The number of carbonyl (C=O) groups excluding carboxylic acids is 3. The normalized spacial score (nSPS) is 11.4. The molecule has 0 aliphatic rings. The Morgan fingerprint density at radius 1 is 1.17 bits per heavy atom. The first-order chi connectivity index (χ1) is 16.4. The number of H-pyrrole nitrogens is 1. The van der Waals surface area contributed by atoms with Gasteiger partial charge in [0.05, 0.1) is 28.6 Å². The molecule has 0 saturated heterocycles. The molecule has 35 heavy (non-hydrogen) atoms. The zero-order valence-corrected chi connectivity index (χ0v) is 19.2. The third-order valence-electron chi connectivity index (χ3n) is 4.79. The number of halogens is 3. The van der Waals surface area contributed by atoms with Crippen molar-refractivity contribution in [2.24, 2.45) is 0 Å². The van der Waals surface area contributed by atoms with E-state index in [4.69, 9.17) is 9.47 Å². The van der Waals surface area contributed by atoms with E-state index < -0.39 is 36.2 Å². The molecule has 0 saturated carbocycles. The number of amides is 1. The van der Waals surface area contributed by atoms with E-state index in [1.165, 1.54) is 24.3 Å². The van der Waals surface area contributed by atoms with Gasteiger partial charge in [0.2, 0.25) is 0 Å². The van der Waals surface area contributed by atoms with E-state index in [-0.39, 0.29) is 34.3 Å². The molecule has 0 aliphatic heterocycles. The number of aromatic nitrogens is 4. The first kappa shape index (κ1) is 25.5. The Hall–Kier alpha value is -4.16. The molecule has 3 rings (SSSR count). The second-order valence-electron chi connectivity index (χ2n) is 7.77. The predicted octanol–water partition coefficient (Wildman–Crippen LogP) is 3.59. The Labute approximate surface area is 197 Å². The lowest BCUT2D eigenvalue weighted by Crippen LogP contribution is -2.22. The van der Waals surface area contributed by atoms with E-state index in [1.54, 1.807) is 20.8 Å². The molecular formula is C22H22F3N5O5. The average molecular weight is 493 g/mol. The van der Waals surface area contributed by atoms with Gasteiger partial charge in [0.1, 0.15) is 18.3 Å². The summed E-state index contributed by atoms with van der Waals surface area (Å²) in [5, 5.41) is 6.16. The molecule has 2 aromatic heterocycles. The lowest BCUT2D eigenvalue weighted by molar-refractivity contribution is -0.137. The summed E-state index contributed by atoms with van der Waals surface area (Å²) in [6, 6.07) is 2.70. The van der Waals surface area contributed by atoms with Gasteiger partial charge < -0.3 is 19.8 Å². The van der Waals surface area contributed by atoms with Crippen LogP contribution in [-0.4, -0.2) is 50.3 Å². The van der Waals surface area contributed by atoms with Gasteiger partial charge in [-0.1, -0.05) is 0 Å². The summed E-state index contributed by atoms with van der Waals surface area (Å²) < 4.78 is 50.8.